The van der Waals surface area contributed by atoms with Crippen molar-refractivity contribution in [3.8, 4) is 0 Å². The van der Waals surface area contributed by atoms with Gasteiger partial charge in [0.05, 0.1) is 35.1 Å². The number of aliphatic imine (C=N–C) groups is 2. The molecular weight excluding hydrogens is 665 g/mol. The topological polar surface area (TPSA) is 71.7 Å². The molecule has 3 aliphatic heterocycles. The van der Waals surface area contributed by atoms with Gasteiger partial charge < -0.3 is 14.3 Å². The second-order valence-corrected chi connectivity index (χ2v) is 13.2. The minimum Gasteiger partial charge on any atom is -0.465 e. The minimum atomic E-state index is -0.307. The van der Waals surface area contributed by atoms with E-state index in [0.29, 0.717) is 6.61 Å². The Morgan fingerprint density at radius 3 is 1.57 bits per heavy atom. The van der Waals surface area contributed by atoms with Gasteiger partial charge in [-0.15, -0.1) is 0 Å². The highest BCUT2D eigenvalue weighted by atomic mass is 16.5. The van der Waals surface area contributed by atoms with E-state index in [1.54, 1.807) is 0 Å². The van der Waals surface area contributed by atoms with Crippen LogP contribution in [0.25, 0.3) is 22.3 Å². The molecule has 0 amide bonds. The van der Waals surface area contributed by atoms with Crippen LogP contribution in [0.3, 0.4) is 0 Å². The molecule has 6 aromatic rings. The number of benzene rings is 4. The maximum absolute atomic E-state index is 13.3. The van der Waals surface area contributed by atoms with Crippen molar-refractivity contribution in [2.75, 3.05) is 6.61 Å². The number of nitrogens with one attached hydrogen (secondary N) is 1. The molecule has 9 rings (SSSR count). The van der Waals surface area contributed by atoms with Crippen LogP contribution < -0.4 is 10.7 Å². The molecule has 6 nitrogen and oxygen atoms in total. The van der Waals surface area contributed by atoms with Gasteiger partial charge >= 0.3 is 5.97 Å². The van der Waals surface area contributed by atoms with Crippen molar-refractivity contribution in [3.63, 3.8) is 0 Å². The lowest BCUT2D eigenvalue weighted by Gasteiger charge is -2.14. The van der Waals surface area contributed by atoms with Gasteiger partial charge in [0.1, 0.15) is 6.54 Å². The van der Waals surface area contributed by atoms with Crippen molar-refractivity contribution in [3.05, 3.63) is 226 Å². The number of hydrogen-bond acceptors (Lipinski definition) is 4. The Morgan fingerprint density at radius 2 is 1.02 bits per heavy atom. The van der Waals surface area contributed by atoms with Gasteiger partial charge in [0.2, 0.25) is 0 Å². The molecule has 6 heteroatoms. The number of hydrogen-bond donors (Lipinski definition) is 1. The number of allylic oxidation sites excluding steroid dienone is 5. The third-order valence-corrected chi connectivity index (χ3v) is 9.83. The van der Waals surface area contributed by atoms with Crippen molar-refractivity contribution < 1.29 is 9.53 Å². The molecular formula is C48H36N4O2. The molecule has 1 N–H and O–H groups in total. The monoisotopic (exact) mass is 700 g/mol. The van der Waals surface area contributed by atoms with Crippen LogP contribution in [0.5, 0.6) is 0 Å². The van der Waals surface area contributed by atoms with E-state index in [2.05, 4.69) is 126 Å². The van der Waals surface area contributed by atoms with E-state index in [0.717, 1.165) is 89.3 Å². The van der Waals surface area contributed by atoms with E-state index in [4.69, 9.17) is 14.7 Å². The average Bonchev–Trinajstić information content (AvgIpc) is 4.04. The zero-order valence-corrected chi connectivity index (χ0v) is 29.7. The van der Waals surface area contributed by atoms with E-state index in [1.807, 2.05) is 60.0 Å². The second kappa shape index (κ2) is 14.2. The van der Waals surface area contributed by atoms with Crippen LogP contribution >= 0.6 is 0 Å². The fourth-order valence-electron chi connectivity index (χ4n) is 7.49. The Bertz CT molecular complexity index is 2720. The van der Waals surface area contributed by atoms with Crippen molar-refractivity contribution in [1.29, 1.82) is 0 Å². The van der Waals surface area contributed by atoms with Gasteiger partial charge in [-0.25, -0.2) is 9.98 Å². The molecule has 0 aliphatic carbocycles. The first-order valence-corrected chi connectivity index (χ1v) is 18.2. The van der Waals surface area contributed by atoms with Crippen LogP contribution in [-0.4, -0.2) is 33.6 Å². The normalized spacial score (nSPS) is 14.8. The largest absolute Gasteiger partial charge is 0.465 e. The molecule has 2 aromatic heterocycles. The fourth-order valence-corrected chi connectivity index (χ4v) is 7.49. The van der Waals surface area contributed by atoms with Crippen LogP contribution in [0.15, 0.2) is 191 Å². The maximum Gasteiger partial charge on any atom is 0.325 e. The number of ether oxygens (including phenoxy) is 1. The molecule has 8 bridgehead atoms. The number of carbonyl (C=O) groups excluding carboxylic acids is 1. The maximum atomic E-state index is 13.3. The summed E-state index contributed by atoms with van der Waals surface area (Å²) in [6.45, 7) is 2.17. The highest BCUT2D eigenvalue weighted by molar-refractivity contribution is 6.35. The Kier molecular flexibility index (Phi) is 8.61. The summed E-state index contributed by atoms with van der Waals surface area (Å²) in [6.07, 6.45) is 10.4. The summed E-state index contributed by atoms with van der Waals surface area (Å²) in [4.78, 5) is 27.8. The first-order valence-electron chi connectivity index (χ1n) is 18.2. The number of rotatable bonds is 7. The number of fused-ring (bicyclic) bond motifs is 6. The summed E-state index contributed by atoms with van der Waals surface area (Å²) in [5, 5.41) is 1.88. The van der Waals surface area contributed by atoms with E-state index < -0.39 is 0 Å². The molecule has 0 saturated carbocycles. The lowest BCUT2D eigenvalue weighted by molar-refractivity contribution is -0.143. The molecule has 5 heterocycles. The molecule has 3 aliphatic rings. The lowest BCUT2D eigenvalue weighted by atomic mass is 9.97. The second-order valence-electron chi connectivity index (χ2n) is 13.2. The lowest BCUT2D eigenvalue weighted by Crippen LogP contribution is -2.19. The van der Waals surface area contributed by atoms with E-state index in [-0.39, 0.29) is 12.5 Å². The molecule has 260 valence electrons. The number of aromatic amines is 1. The molecule has 54 heavy (non-hydrogen) atoms. The first kappa shape index (κ1) is 32.8. The SMILES string of the molecule is CCOC(=O)Cn1cc2cc1C(c1ccccc1)=C1C=CC(=N1)C(c1ccccc1)=C1C=CC(=N1)C(c1ccccc1)=c1ccc([nH]1)=C2c1ccccc1. The summed E-state index contributed by atoms with van der Waals surface area (Å²) in [6, 6.07) is 47.8. The molecule has 0 radical (unpaired) electrons. The zero-order chi connectivity index (χ0) is 36.4. The molecule has 0 atom stereocenters. The number of H-pyrrole nitrogens is 1. The average molecular weight is 701 g/mol. The first-order chi connectivity index (χ1) is 26.6. The highest BCUT2D eigenvalue weighted by Gasteiger charge is 2.25. The van der Waals surface area contributed by atoms with Gasteiger partial charge in [-0.2, -0.15) is 0 Å². The Labute approximate surface area is 313 Å². The molecule has 0 saturated heterocycles. The third-order valence-electron chi connectivity index (χ3n) is 9.83. The molecule has 0 fully saturated rings. The highest BCUT2D eigenvalue weighted by Crippen LogP contribution is 2.37. The van der Waals surface area contributed by atoms with Crippen molar-refractivity contribution >= 4 is 39.7 Å². The standard InChI is InChI=1S/C48H36N4O2/c1-2-54-44(53)31-52-30-36-29-43(52)48(35-21-13-6-14-22-35)42-28-27-41(51-42)47(34-19-11-5-12-20-34)40-26-25-39(50-40)46(33-17-9-4-10-18-33)38-24-23-37(49-38)45(36)32-15-7-3-8-16-32/h3-30,49H,2,31H2,1H3. The molecule has 0 spiro atoms. The van der Waals surface area contributed by atoms with E-state index in [1.165, 1.54) is 0 Å². The van der Waals surface area contributed by atoms with Gasteiger partial charge in [-0.05, 0) is 71.7 Å². The van der Waals surface area contributed by atoms with Gasteiger partial charge in [0.25, 0.3) is 0 Å². The van der Waals surface area contributed by atoms with Crippen molar-refractivity contribution in [2.45, 2.75) is 13.5 Å². The smallest absolute Gasteiger partial charge is 0.325 e. The fraction of sp³-hybridized carbons (Fsp3) is 0.0625. The Hall–Kier alpha value is -7.05. The van der Waals surface area contributed by atoms with E-state index in [9.17, 15) is 4.79 Å². The number of aromatic nitrogens is 2. The molecule has 0 unspecified atom stereocenters. The van der Waals surface area contributed by atoms with Crippen molar-refractivity contribution in [2.24, 2.45) is 9.98 Å². The van der Waals surface area contributed by atoms with Crippen molar-refractivity contribution in [1.82, 2.24) is 9.55 Å². The number of carbonyl (C=O) groups is 1. The predicted molar refractivity (Wildman–Crippen MR) is 217 cm³/mol. The van der Waals surface area contributed by atoms with Crippen LogP contribution in [-0.2, 0) is 16.1 Å². The van der Waals surface area contributed by atoms with Gasteiger partial charge in [-0.3, -0.25) is 4.79 Å². The summed E-state index contributed by atoms with van der Waals surface area (Å²) in [5.41, 5.74) is 13.0. The summed E-state index contributed by atoms with van der Waals surface area (Å²) >= 11 is 0. The summed E-state index contributed by atoms with van der Waals surface area (Å²) in [7, 11) is 0. The number of nitrogens with zero attached hydrogens (tertiary/aromatic N) is 3. The third kappa shape index (κ3) is 6.14. The summed E-state index contributed by atoms with van der Waals surface area (Å²) < 4.78 is 7.51. The van der Waals surface area contributed by atoms with Gasteiger partial charge in [0, 0.05) is 44.8 Å². The Morgan fingerprint density at radius 1 is 0.556 bits per heavy atom. The quantitative estimate of drug-likeness (QED) is 0.171. The van der Waals surface area contributed by atoms with Crippen LogP contribution in [0, 0.1) is 0 Å². The predicted octanol–water partition coefficient (Wildman–Crippen LogP) is 8.03. The minimum absolute atomic E-state index is 0.0400. The molecule has 4 aromatic carbocycles. The van der Waals surface area contributed by atoms with Crippen LogP contribution in [0.4, 0.5) is 0 Å². The van der Waals surface area contributed by atoms with Gasteiger partial charge in [0.15, 0.2) is 0 Å². The summed E-state index contributed by atoms with van der Waals surface area (Å²) in [5.74, 6) is -0.307. The van der Waals surface area contributed by atoms with E-state index >= 15 is 0 Å². The number of esters is 1. The zero-order valence-electron chi connectivity index (χ0n) is 29.7. The van der Waals surface area contributed by atoms with Crippen LogP contribution in [0.1, 0.15) is 40.4 Å². The Balaban J connectivity index is 1.43. The van der Waals surface area contributed by atoms with Gasteiger partial charge in [-0.1, -0.05) is 121 Å². The van der Waals surface area contributed by atoms with Crippen LogP contribution in [0.2, 0.25) is 0 Å².